The van der Waals surface area contributed by atoms with Crippen LogP contribution >= 0.6 is 35.6 Å². The molecule has 0 spiro atoms. The molecule has 0 aliphatic carbocycles. The molecular formula is C21H13ClN2O4S2. The Morgan fingerprint density at radius 3 is 2.73 bits per heavy atom. The average molecular weight is 457 g/mol. The van der Waals surface area contributed by atoms with E-state index in [2.05, 4.69) is 0 Å². The molecule has 1 aliphatic heterocycles. The summed E-state index contributed by atoms with van der Waals surface area (Å²) in [6.45, 7) is 1.78. The van der Waals surface area contributed by atoms with Gasteiger partial charge in [-0.3, -0.25) is 19.8 Å². The van der Waals surface area contributed by atoms with Crippen molar-refractivity contribution in [3.63, 3.8) is 0 Å². The van der Waals surface area contributed by atoms with Crippen LogP contribution in [0.15, 0.2) is 63.9 Å². The van der Waals surface area contributed by atoms with Gasteiger partial charge in [0.15, 0.2) is 4.32 Å². The Labute approximate surface area is 186 Å². The molecule has 4 rings (SSSR count). The number of carbonyl (C=O) groups excluding carboxylic acids is 1. The minimum absolute atomic E-state index is 0.0387. The first kappa shape index (κ1) is 20.3. The smallest absolute Gasteiger partial charge is 0.280 e. The van der Waals surface area contributed by atoms with Crippen LogP contribution in [0.4, 0.5) is 11.4 Å². The maximum absolute atomic E-state index is 12.9. The normalized spacial score (nSPS) is 15.3. The molecule has 1 amide bonds. The Bertz CT molecular complexity index is 1240. The van der Waals surface area contributed by atoms with Gasteiger partial charge in [-0.05, 0) is 48.9 Å². The van der Waals surface area contributed by atoms with E-state index in [-0.39, 0.29) is 11.6 Å². The minimum Gasteiger partial charge on any atom is -0.456 e. The third-order valence-corrected chi connectivity index (χ3v) is 5.91. The Morgan fingerprint density at radius 1 is 1.20 bits per heavy atom. The van der Waals surface area contributed by atoms with E-state index < -0.39 is 4.92 Å². The fourth-order valence-corrected chi connectivity index (χ4v) is 4.47. The number of aryl methyl sites for hydroxylation is 1. The maximum Gasteiger partial charge on any atom is 0.280 e. The number of hydrogen-bond acceptors (Lipinski definition) is 6. The number of nitro groups is 1. The van der Waals surface area contributed by atoms with Crippen molar-refractivity contribution in [1.29, 1.82) is 0 Å². The van der Waals surface area contributed by atoms with E-state index in [4.69, 9.17) is 28.2 Å². The Hall–Kier alpha value is -2.94. The van der Waals surface area contributed by atoms with Crippen LogP contribution in [0.5, 0.6) is 0 Å². The van der Waals surface area contributed by atoms with Crippen LogP contribution in [0, 0.1) is 17.0 Å². The molecule has 1 aromatic heterocycles. The summed E-state index contributed by atoms with van der Waals surface area (Å²) >= 11 is 12.5. The quantitative estimate of drug-likeness (QED) is 0.201. The number of thiocarbonyl (C=S) groups is 1. The van der Waals surface area contributed by atoms with E-state index >= 15 is 0 Å². The second-order valence-corrected chi connectivity index (χ2v) is 8.59. The van der Waals surface area contributed by atoms with Gasteiger partial charge in [0.05, 0.1) is 21.1 Å². The molecule has 1 aliphatic rings. The van der Waals surface area contributed by atoms with Gasteiger partial charge in [-0.1, -0.05) is 47.7 Å². The van der Waals surface area contributed by atoms with E-state index in [0.717, 1.165) is 17.3 Å². The molecule has 2 aromatic carbocycles. The summed E-state index contributed by atoms with van der Waals surface area (Å²) < 4.78 is 6.16. The lowest BCUT2D eigenvalue weighted by molar-refractivity contribution is -0.384. The molecular weight excluding hydrogens is 444 g/mol. The first-order valence-electron chi connectivity index (χ1n) is 8.72. The van der Waals surface area contributed by atoms with Crippen LogP contribution in [-0.2, 0) is 4.79 Å². The van der Waals surface area contributed by atoms with Gasteiger partial charge in [0.2, 0.25) is 0 Å². The molecule has 0 N–H and O–H groups in total. The second-order valence-electron chi connectivity index (χ2n) is 6.48. The average Bonchev–Trinajstić information content (AvgIpc) is 3.26. The highest BCUT2D eigenvalue weighted by molar-refractivity contribution is 8.27. The topological polar surface area (TPSA) is 76.6 Å². The third-order valence-electron chi connectivity index (χ3n) is 4.38. The van der Waals surface area contributed by atoms with Gasteiger partial charge in [0.25, 0.3) is 11.6 Å². The van der Waals surface area contributed by atoms with Gasteiger partial charge < -0.3 is 4.42 Å². The van der Waals surface area contributed by atoms with Crippen LogP contribution in [0.2, 0.25) is 5.02 Å². The predicted molar refractivity (Wildman–Crippen MR) is 123 cm³/mol. The van der Waals surface area contributed by atoms with E-state index in [1.165, 1.54) is 11.0 Å². The first-order valence-corrected chi connectivity index (χ1v) is 10.3. The highest BCUT2D eigenvalue weighted by Gasteiger charge is 2.33. The number of amides is 1. The standard InChI is InChI=1S/C21H13ClN2O4S2/c1-12-5-7-16(17(9-12)24(26)27)18-8-6-15(28-18)11-19-20(25)23(21(29)30-19)14-4-2-3-13(22)10-14/h2-11H,1H3/b19-11-. The molecule has 0 radical (unpaired) electrons. The van der Waals surface area contributed by atoms with Gasteiger partial charge in [0.1, 0.15) is 11.5 Å². The zero-order chi connectivity index (χ0) is 21.4. The second kappa shape index (κ2) is 8.06. The van der Waals surface area contributed by atoms with Crippen molar-refractivity contribution >= 4 is 63.3 Å². The summed E-state index contributed by atoms with van der Waals surface area (Å²) in [7, 11) is 0. The fourth-order valence-electron chi connectivity index (χ4n) is 3.01. The molecule has 30 heavy (non-hydrogen) atoms. The van der Waals surface area contributed by atoms with Crippen LogP contribution in [0.1, 0.15) is 11.3 Å². The minimum atomic E-state index is -0.444. The van der Waals surface area contributed by atoms with Gasteiger partial charge in [-0.2, -0.15) is 0 Å². The molecule has 9 heteroatoms. The zero-order valence-corrected chi connectivity index (χ0v) is 17.9. The highest BCUT2D eigenvalue weighted by atomic mass is 35.5. The molecule has 3 aromatic rings. The number of rotatable bonds is 4. The summed E-state index contributed by atoms with van der Waals surface area (Å²) in [5, 5.41) is 11.9. The molecule has 6 nitrogen and oxygen atoms in total. The van der Waals surface area contributed by atoms with Gasteiger partial charge >= 0.3 is 0 Å². The number of nitrogens with zero attached hydrogens (tertiary/aromatic N) is 2. The molecule has 150 valence electrons. The summed E-state index contributed by atoms with van der Waals surface area (Å²) in [4.78, 5) is 25.6. The van der Waals surface area contributed by atoms with Gasteiger partial charge in [-0.15, -0.1) is 0 Å². The SMILES string of the molecule is Cc1ccc(-c2ccc(/C=C3\SC(=S)N(c4cccc(Cl)c4)C3=O)o2)c([N+](=O)[O-])c1. The number of hydrogen-bond donors (Lipinski definition) is 0. The molecule has 0 saturated carbocycles. The van der Waals surface area contributed by atoms with E-state index in [1.54, 1.807) is 61.5 Å². The predicted octanol–water partition coefficient (Wildman–Crippen LogP) is 6.22. The number of benzene rings is 2. The lowest BCUT2D eigenvalue weighted by Crippen LogP contribution is -2.27. The molecule has 2 heterocycles. The summed E-state index contributed by atoms with van der Waals surface area (Å²) in [6.07, 6.45) is 1.58. The fraction of sp³-hybridized carbons (Fsp3) is 0.0476. The Balaban J connectivity index is 1.65. The largest absolute Gasteiger partial charge is 0.456 e. The summed E-state index contributed by atoms with van der Waals surface area (Å²) in [5.41, 5.74) is 1.70. The monoisotopic (exact) mass is 456 g/mol. The number of anilines is 1. The van der Waals surface area contributed by atoms with Crippen LogP contribution < -0.4 is 4.90 Å². The van der Waals surface area contributed by atoms with Crippen LogP contribution in [0.25, 0.3) is 17.4 Å². The first-order chi connectivity index (χ1) is 14.3. The number of carbonyl (C=O) groups is 1. The number of thioether (sulfide) groups is 1. The van der Waals surface area contributed by atoms with Crippen molar-refractivity contribution in [2.24, 2.45) is 0 Å². The Kier molecular flexibility index (Phi) is 5.46. The van der Waals surface area contributed by atoms with Crippen molar-refractivity contribution in [3.8, 4) is 11.3 Å². The van der Waals surface area contributed by atoms with Crippen LogP contribution in [0.3, 0.4) is 0 Å². The summed E-state index contributed by atoms with van der Waals surface area (Å²) in [6, 6.07) is 15.1. The molecule has 0 atom stereocenters. The van der Waals surface area contributed by atoms with Crippen molar-refractivity contribution in [2.45, 2.75) is 6.92 Å². The maximum atomic E-state index is 12.9. The third kappa shape index (κ3) is 3.89. The molecule has 1 saturated heterocycles. The lowest BCUT2D eigenvalue weighted by atomic mass is 10.1. The van der Waals surface area contributed by atoms with Crippen molar-refractivity contribution in [1.82, 2.24) is 0 Å². The summed E-state index contributed by atoms with van der Waals surface area (Å²) in [5.74, 6) is 0.455. The Morgan fingerprint density at radius 2 is 2.00 bits per heavy atom. The van der Waals surface area contributed by atoms with Crippen LogP contribution in [-0.4, -0.2) is 15.2 Å². The molecule has 1 fully saturated rings. The van der Waals surface area contributed by atoms with Gasteiger partial charge in [-0.25, -0.2) is 0 Å². The number of nitro benzene ring substituents is 1. The number of halogens is 1. The van der Waals surface area contributed by atoms with Gasteiger partial charge in [0, 0.05) is 17.2 Å². The zero-order valence-electron chi connectivity index (χ0n) is 15.5. The molecule has 0 bridgehead atoms. The van der Waals surface area contributed by atoms with Crippen molar-refractivity contribution < 1.29 is 14.1 Å². The lowest BCUT2D eigenvalue weighted by Gasteiger charge is -2.14. The van der Waals surface area contributed by atoms with E-state index in [0.29, 0.717) is 37.0 Å². The van der Waals surface area contributed by atoms with E-state index in [1.807, 2.05) is 0 Å². The highest BCUT2D eigenvalue weighted by Crippen LogP contribution is 2.38. The van der Waals surface area contributed by atoms with E-state index in [9.17, 15) is 14.9 Å². The molecule has 0 unspecified atom stereocenters. The van der Waals surface area contributed by atoms with Crippen molar-refractivity contribution in [2.75, 3.05) is 4.90 Å². The van der Waals surface area contributed by atoms with Crippen molar-refractivity contribution in [3.05, 3.63) is 86.0 Å². The number of furan rings is 1.